The molecule has 0 aromatic heterocycles. The number of nitrogens with one attached hydrogen (secondary N) is 1. The zero-order chi connectivity index (χ0) is 17.7. The van der Waals surface area contributed by atoms with Crippen molar-refractivity contribution in [1.82, 2.24) is 4.90 Å². The van der Waals surface area contributed by atoms with Crippen molar-refractivity contribution in [2.24, 2.45) is 5.92 Å². The molecule has 132 valence electrons. The van der Waals surface area contributed by atoms with Crippen molar-refractivity contribution < 1.29 is 23.5 Å². The number of nitrogens with zero attached hydrogens (tertiary/aromatic N) is 1. The molecule has 1 aromatic carbocycles. The van der Waals surface area contributed by atoms with Crippen LogP contribution in [0.5, 0.6) is 0 Å². The standard InChI is InChI=1S/C15H17ClF2N2O3S/c16-10-2-1-3-11(13(10)24-8-12(17)18)19-15(23)20-6-4-9(5-7-20)14(21)22/h1-3,9,12H,4-8H2,(H,19,23)(H,21,22). The van der Waals surface area contributed by atoms with Crippen LogP contribution < -0.4 is 5.32 Å². The number of carboxylic acid groups (broad SMARTS) is 1. The zero-order valence-electron chi connectivity index (χ0n) is 12.7. The van der Waals surface area contributed by atoms with Crippen LogP contribution in [-0.4, -0.2) is 47.3 Å². The Bertz CT molecular complexity index is 610. The van der Waals surface area contributed by atoms with Gasteiger partial charge in [0.1, 0.15) is 0 Å². The lowest BCUT2D eigenvalue weighted by molar-refractivity contribution is -0.143. The Kier molecular flexibility index (Phi) is 6.68. The van der Waals surface area contributed by atoms with Gasteiger partial charge in [-0.05, 0) is 25.0 Å². The van der Waals surface area contributed by atoms with Crippen LogP contribution in [0.2, 0.25) is 5.02 Å². The summed E-state index contributed by atoms with van der Waals surface area (Å²) < 4.78 is 24.9. The molecule has 0 bridgehead atoms. The SMILES string of the molecule is O=C(O)C1CCN(C(=O)Nc2cccc(Cl)c2SCC(F)F)CC1. The zero-order valence-corrected chi connectivity index (χ0v) is 14.2. The molecule has 24 heavy (non-hydrogen) atoms. The van der Waals surface area contributed by atoms with Gasteiger partial charge in [0.25, 0.3) is 0 Å². The molecule has 2 rings (SSSR count). The number of urea groups is 1. The molecule has 2 N–H and O–H groups in total. The van der Waals surface area contributed by atoms with E-state index >= 15 is 0 Å². The van der Waals surface area contributed by atoms with Gasteiger partial charge in [-0.3, -0.25) is 4.79 Å². The Labute approximate surface area is 147 Å². The fraction of sp³-hybridized carbons (Fsp3) is 0.467. The molecule has 1 aromatic rings. The number of amides is 2. The smallest absolute Gasteiger partial charge is 0.321 e. The second-order valence-corrected chi connectivity index (χ2v) is 6.79. The van der Waals surface area contributed by atoms with E-state index in [9.17, 15) is 18.4 Å². The highest BCUT2D eigenvalue weighted by atomic mass is 35.5. The molecule has 2 amide bonds. The average molecular weight is 379 g/mol. The number of carbonyl (C=O) groups excluding carboxylic acids is 1. The van der Waals surface area contributed by atoms with E-state index in [1.807, 2.05) is 0 Å². The van der Waals surface area contributed by atoms with Gasteiger partial charge in [-0.25, -0.2) is 13.6 Å². The maximum Gasteiger partial charge on any atom is 0.321 e. The third-order valence-corrected chi connectivity index (χ3v) is 5.27. The Hall–Kier alpha value is -1.54. The van der Waals surface area contributed by atoms with E-state index in [2.05, 4.69) is 5.32 Å². The summed E-state index contributed by atoms with van der Waals surface area (Å²) in [6, 6.07) is 4.41. The summed E-state index contributed by atoms with van der Waals surface area (Å²) in [6.45, 7) is 0.672. The van der Waals surface area contributed by atoms with Gasteiger partial charge in [-0.1, -0.05) is 17.7 Å². The van der Waals surface area contributed by atoms with Crippen LogP contribution >= 0.6 is 23.4 Å². The number of benzene rings is 1. The first kappa shape index (κ1) is 18.8. The van der Waals surface area contributed by atoms with Gasteiger partial charge in [-0.2, -0.15) is 0 Å². The largest absolute Gasteiger partial charge is 0.481 e. The van der Waals surface area contributed by atoms with Crippen LogP contribution in [0.15, 0.2) is 23.1 Å². The van der Waals surface area contributed by atoms with Gasteiger partial charge >= 0.3 is 12.0 Å². The second kappa shape index (κ2) is 8.53. The van der Waals surface area contributed by atoms with E-state index in [4.69, 9.17) is 16.7 Å². The number of alkyl halides is 2. The van der Waals surface area contributed by atoms with Crippen molar-refractivity contribution in [1.29, 1.82) is 0 Å². The second-order valence-electron chi connectivity index (χ2n) is 5.35. The first-order valence-corrected chi connectivity index (χ1v) is 8.73. The highest BCUT2D eigenvalue weighted by molar-refractivity contribution is 7.99. The monoisotopic (exact) mass is 378 g/mol. The molecule has 1 heterocycles. The molecule has 1 aliphatic heterocycles. The van der Waals surface area contributed by atoms with Crippen LogP contribution in [-0.2, 0) is 4.79 Å². The fourth-order valence-electron chi connectivity index (χ4n) is 2.42. The first-order valence-electron chi connectivity index (χ1n) is 7.36. The third-order valence-electron chi connectivity index (χ3n) is 3.69. The number of piperidine rings is 1. The summed E-state index contributed by atoms with van der Waals surface area (Å²) in [4.78, 5) is 25.2. The van der Waals surface area contributed by atoms with Crippen molar-refractivity contribution in [3.05, 3.63) is 23.2 Å². The van der Waals surface area contributed by atoms with E-state index < -0.39 is 24.1 Å². The summed E-state index contributed by atoms with van der Waals surface area (Å²) in [5.41, 5.74) is 0.374. The van der Waals surface area contributed by atoms with Crippen LogP contribution in [0.1, 0.15) is 12.8 Å². The molecule has 0 saturated carbocycles. The Balaban J connectivity index is 2.01. The topological polar surface area (TPSA) is 69.6 Å². The Morgan fingerprint density at radius 2 is 2.04 bits per heavy atom. The Morgan fingerprint density at radius 3 is 2.62 bits per heavy atom. The van der Waals surface area contributed by atoms with Gasteiger partial charge in [0.15, 0.2) is 0 Å². The lowest BCUT2D eigenvalue weighted by atomic mass is 9.97. The minimum absolute atomic E-state index is 0.294. The first-order chi connectivity index (χ1) is 11.4. The quantitative estimate of drug-likeness (QED) is 0.759. The molecule has 0 radical (unpaired) electrons. The van der Waals surface area contributed by atoms with Crippen molar-refractivity contribution >= 4 is 41.1 Å². The maximum atomic E-state index is 12.4. The summed E-state index contributed by atoms with van der Waals surface area (Å²) in [6.07, 6.45) is -1.69. The van der Waals surface area contributed by atoms with Gasteiger partial charge in [0.05, 0.1) is 22.4 Å². The van der Waals surface area contributed by atoms with Crippen LogP contribution in [0.3, 0.4) is 0 Å². The van der Waals surface area contributed by atoms with E-state index in [1.54, 1.807) is 18.2 Å². The number of likely N-dealkylation sites (tertiary alicyclic amines) is 1. The average Bonchev–Trinajstić information content (AvgIpc) is 2.54. The molecule has 0 atom stereocenters. The van der Waals surface area contributed by atoms with Crippen LogP contribution in [0.4, 0.5) is 19.3 Å². The predicted molar refractivity (Wildman–Crippen MR) is 89.1 cm³/mol. The minimum atomic E-state index is -2.48. The summed E-state index contributed by atoms with van der Waals surface area (Å²) >= 11 is 6.92. The number of thioether (sulfide) groups is 1. The lowest BCUT2D eigenvalue weighted by Crippen LogP contribution is -2.42. The molecule has 0 spiro atoms. The van der Waals surface area contributed by atoms with Gasteiger partial charge in [0, 0.05) is 18.0 Å². The summed E-state index contributed by atoms with van der Waals surface area (Å²) in [5, 5.41) is 11.9. The molecule has 5 nitrogen and oxygen atoms in total. The highest BCUT2D eigenvalue weighted by Crippen LogP contribution is 2.35. The van der Waals surface area contributed by atoms with Gasteiger partial charge in [-0.15, -0.1) is 11.8 Å². The van der Waals surface area contributed by atoms with Gasteiger partial charge in [0.2, 0.25) is 6.43 Å². The number of carbonyl (C=O) groups is 2. The number of hydrogen-bond acceptors (Lipinski definition) is 3. The normalized spacial score (nSPS) is 15.6. The summed E-state index contributed by atoms with van der Waals surface area (Å²) in [5.74, 6) is -1.70. The van der Waals surface area contributed by atoms with Crippen molar-refractivity contribution in [3.63, 3.8) is 0 Å². The summed E-state index contributed by atoms with van der Waals surface area (Å²) in [7, 11) is 0. The number of halogens is 3. The number of anilines is 1. The van der Waals surface area contributed by atoms with Crippen LogP contribution in [0, 0.1) is 5.92 Å². The number of aliphatic carboxylic acids is 1. The number of carboxylic acids is 1. The lowest BCUT2D eigenvalue weighted by Gasteiger charge is -2.30. The molecule has 1 fully saturated rings. The van der Waals surface area contributed by atoms with Crippen LogP contribution in [0.25, 0.3) is 0 Å². The molecule has 0 aliphatic carbocycles. The highest BCUT2D eigenvalue weighted by Gasteiger charge is 2.27. The minimum Gasteiger partial charge on any atom is -0.481 e. The van der Waals surface area contributed by atoms with E-state index in [-0.39, 0.29) is 6.03 Å². The van der Waals surface area contributed by atoms with E-state index in [0.717, 1.165) is 11.8 Å². The van der Waals surface area contributed by atoms with E-state index in [1.165, 1.54) is 4.90 Å². The number of rotatable bonds is 5. The molecule has 0 unspecified atom stereocenters. The fourth-order valence-corrected chi connectivity index (χ4v) is 3.54. The van der Waals surface area contributed by atoms with Crippen molar-refractivity contribution in [2.45, 2.75) is 24.2 Å². The Morgan fingerprint density at radius 1 is 1.38 bits per heavy atom. The maximum absolute atomic E-state index is 12.4. The van der Waals surface area contributed by atoms with Crippen molar-refractivity contribution in [2.75, 3.05) is 24.2 Å². The van der Waals surface area contributed by atoms with Crippen molar-refractivity contribution in [3.8, 4) is 0 Å². The predicted octanol–water partition coefficient (Wildman–Crippen LogP) is 4.03. The molecular formula is C15H17ClF2N2O3S. The molecular weight excluding hydrogens is 362 g/mol. The molecule has 1 saturated heterocycles. The van der Waals surface area contributed by atoms with E-state index in [0.29, 0.717) is 41.5 Å². The third kappa shape index (κ3) is 4.98. The van der Waals surface area contributed by atoms with Gasteiger partial charge < -0.3 is 15.3 Å². The molecule has 1 aliphatic rings. The molecule has 9 heteroatoms. The number of hydrogen-bond donors (Lipinski definition) is 2.